The van der Waals surface area contributed by atoms with E-state index in [4.69, 9.17) is 0 Å². The Hall–Kier alpha value is -10.7. The van der Waals surface area contributed by atoms with Crippen molar-refractivity contribution >= 4 is 93.3 Å². The second-order valence-electron chi connectivity index (χ2n) is 22.7. The van der Waals surface area contributed by atoms with E-state index in [1.54, 1.807) is 0 Å². The smallest absolute Gasteiger partial charge is 0.0546 e. The largest absolute Gasteiger partial charge is 0.310 e. The van der Waals surface area contributed by atoms with E-state index in [1.165, 1.54) is 86.6 Å². The van der Waals surface area contributed by atoms with Gasteiger partial charge in [0.1, 0.15) is 0 Å². The lowest BCUT2D eigenvalue weighted by Crippen LogP contribution is -2.25. The average Bonchev–Trinajstić information content (AvgIpc) is 2.26. The molecule has 2 unspecified atom stereocenters. The molecule has 0 radical (unpaired) electrons. The predicted octanol–water partition coefficient (Wildman–Crippen LogP) is 22.5. The summed E-state index contributed by atoms with van der Waals surface area (Å²) in [6.07, 6.45) is 17.1. The summed E-state index contributed by atoms with van der Waals surface area (Å²) >= 11 is 1.87. The van der Waals surface area contributed by atoms with Crippen LogP contribution in [-0.4, -0.2) is 9.97 Å². The van der Waals surface area contributed by atoms with Crippen LogP contribution >= 0.6 is 11.3 Å². The summed E-state index contributed by atoms with van der Waals surface area (Å²) in [6, 6.07) is 100. The van der Waals surface area contributed by atoms with Crippen LogP contribution in [0.5, 0.6) is 0 Å². The summed E-state index contributed by atoms with van der Waals surface area (Å²) in [6.45, 7) is 0. The van der Waals surface area contributed by atoms with Crippen molar-refractivity contribution in [2.24, 2.45) is 11.8 Å². The van der Waals surface area contributed by atoms with E-state index in [0.717, 1.165) is 68.9 Å². The maximum atomic E-state index is 4.40. The highest BCUT2D eigenvalue weighted by Gasteiger charge is 2.34. The van der Waals surface area contributed by atoms with E-state index in [9.17, 15) is 0 Å². The topological polar surface area (TPSA) is 32.3 Å². The monoisotopic (exact) mass is 1130 g/mol. The fraction of sp³-hybridized carbons (Fsp3) is 0.0488. The molecule has 2 atom stereocenters. The maximum Gasteiger partial charge on any atom is 0.0546 e. The number of anilines is 5. The predicted molar refractivity (Wildman–Crippen MR) is 368 cm³/mol. The van der Waals surface area contributed by atoms with Crippen LogP contribution < -0.4 is 9.80 Å². The van der Waals surface area contributed by atoms with E-state index in [2.05, 4.69) is 311 Å². The molecule has 0 aliphatic heterocycles. The van der Waals surface area contributed by atoms with Gasteiger partial charge in [-0.05, 0) is 175 Å². The first-order chi connectivity index (χ1) is 43.2. The Labute approximate surface area is 511 Å². The third-order valence-electron chi connectivity index (χ3n) is 17.8. The molecule has 0 bridgehead atoms. The minimum absolute atomic E-state index is 0.214. The molecule has 3 aromatic heterocycles. The summed E-state index contributed by atoms with van der Waals surface area (Å²) in [5.41, 5.74) is 20.3. The molecule has 412 valence electrons. The average molecular weight is 1130 g/mol. The lowest BCUT2D eigenvalue weighted by molar-refractivity contribution is 0.507. The van der Waals surface area contributed by atoms with Crippen molar-refractivity contribution in [3.63, 3.8) is 0 Å². The second-order valence-corrected chi connectivity index (χ2v) is 23.8. The third kappa shape index (κ3) is 9.50. The van der Waals surface area contributed by atoms with Crippen LogP contribution in [0.3, 0.4) is 0 Å². The Bertz CT molecular complexity index is 4980. The zero-order chi connectivity index (χ0) is 57.6. The number of fused-ring (bicyclic) bond motifs is 7. The molecule has 2 aliphatic carbocycles. The number of hydrogen-bond acceptors (Lipinski definition) is 5. The van der Waals surface area contributed by atoms with Crippen LogP contribution in [0.4, 0.5) is 28.4 Å². The quantitative estimate of drug-likeness (QED) is 0.114. The van der Waals surface area contributed by atoms with E-state index in [1.807, 2.05) is 36.1 Å². The van der Waals surface area contributed by atoms with Crippen LogP contribution in [0.1, 0.15) is 24.0 Å². The summed E-state index contributed by atoms with van der Waals surface area (Å²) < 4.78 is 1.23. The third-order valence-corrected chi connectivity index (χ3v) is 19.0. The van der Waals surface area contributed by atoms with Gasteiger partial charge >= 0.3 is 0 Å². The molecule has 3 heterocycles. The summed E-state index contributed by atoms with van der Waals surface area (Å²) in [5.74, 6) is 0.492. The molecule has 0 saturated heterocycles. The van der Waals surface area contributed by atoms with Gasteiger partial charge in [0.25, 0.3) is 0 Å². The zero-order valence-electron chi connectivity index (χ0n) is 47.8. The number of thiophene rings is 1. The van der Waals surface area contributed by atoms with Crippen molar-refractivity contribution in [2.75, 3.05) is 9.80 Å². The van der Waals surface area contributed by atoms with Crippen molar-refractivity contribution in [3.05, 3.63) is 333 Å². The van der Waals surface area contributed by atoms with E-state index in [0.29, 0.717) is 0 Å². The molecule has 5 heteroatoms. The number of aromatic nitrogens is 2. The van der Waals surface area contributed by atoms with Gasteiger partial charge in [0.05, 0.1) is 11.4 Å². The Morgan fingerprint density at radius 2 is 0.839 bits per heavy atom. The first kappa shape index (κ1) is 51.9. The van der Waals surface area contributed by atoms with E-state index in [-0.39, 0.29) is 11.8 Å². The van der Waals surface area contributed by atoms with E-state index < -0.39 is 0 Å². The molecule has 4 nitrogen and oxygen atoms in total. The van der Waals surface area contributed by atoms with Crippen molar-refractivity contribution < 1.29 is 0 Å². The summed E-state index contributed by atoms with van der Waals surface area (Å²) in [5, 5.41) is 8.31. The molecule has 0 amide bonds. The van der Waals surface area contributed by atoms with Gasteiger partial charge in [0, 0.05) is 84.8 Å². The number of hydrogen-bond donors (Lipinski definition) is 0. The highest BCUT2D eigenvalue weighted by Crippen LogP contribution is 2.53. The Balaban J connectivity index is 0.909. The fourth-order valence-electron chi connectivity index (χ4n) is 13.8. The minimum Gasteiger partial charge on any atom is -0.310 e. The van der Waals surface area contributed by atoms with Gasteiger partial charge in [0.2, 0.25) is 0 Å². The maximum absolute atomic E-state index is 4.40. The van der Waals surface area contributed by atoms with Crippen molar-refractivity contribution in [1.82, 2.24) is 9.97 Å². The van der Waals surface area contributed by atoms with Gasteiger partial charge in [-0.3, -0.25) is 9.97 Å². The second kappa shape index (κ2) is 22.4. The van der Waals surface area contributed by atoms with Gasteiger partial charge in [-0.2, -0.15) is 0 Å². The minimum atomic E-state index is 0.214. The normalized spacial score (nSPS) is 14.8. The van der Waals surface area contributed by atoms with Crippen LogP contribution in [0, 0.1) is 11.8 Å². The van der Waals surface area contributed by atoms with Gasteiger partial charge in [0.15, 0.2) is 0 Å². The molecule has 14 aromatic rings. The molecule has 0 saturated carbocycles. The Morgan fingerprint density at radius 1 is 0.356 bits per heavy atom. The molecule has 0 N–H and O–H groups in total. The highest BCUT2D eigenvalue weighted by atomic mass is 32.1. The molecule has 0 fully saturated rings. The number of benzene rings is 11. The van der Waals surface area contributed by atoms with Gasteiger partial charge in [-0.15, -0.1) is 11.3 Å². The van der Waals surface area contributed by atoms with Crippen LogP contribution in [0.15, 0.2) is 322 Å². The van der Waals surface area contributed by atoms with Crippen molar-refractivity contribution in [2.45, 2.75) is 12.8 Å². The Kier molecular flexibility index (Phi) is 13.3. The van der Waals surface area contributed by atoms with Crippen LogP contribution in [-0.2, 0) is 0 Å². The molecular formula is C82H58N4S. The molecule has 2 aliphatic rings. The lowest BCUT2D eigenvalue weighted by Gasteiger charge is -2.38. The SMILES string of the molecule is C1=CC2C(c3ccccc3)=C(c3ccccc3)CCC2C=C1N(c1cccc(-c2ccncc2)c1)c1cc2c3ccccc3c(N(c3cccc(-c4ccncc4)c3)c3ccc4c(-c5ccccc5)c(-c5ccccc5)sc4c3)cc2c2ccccc12. The highest BCUT2D eigenvalue weighted by molar-refractivity contribution is 7.23. The van der Waals surface area contributed by atoms with Gasteiger partial charge in [-0.25, -0.2) is 0 Å². The first-order valence-electron chi connectivity index (χ1n) is 30.1. The molecule has 0 spiro atoms. The zero-order valence-corrected chi connectivity index (χ0v) is 48.6. The van der Waals surface area contributed by atoms with Gasteiger partial charge in [-0.1, -0.05) is 212 Å². The molecule has 11 aromatic carbocycles. The van der Waals surface area contributed by atoms with E-state index >= 15 is 0 Å². The first-order valence-corrected chi connectivity index (χ1v) is 30.9. The van der Waals surface area contributed by atoms with Crippen LogP contribution in [0.2, 0.25) is 0 Å². The standard InChI is InChI=1S/C82H58N4S/c1-5-19-57(20-6-1)68-38-35-63-51-66(36-39-69(63)80(68)58-21-7-2-8-22-58)85(64-29-17-27-61(49-64)55-41-45-83-46-42-55)77-53-75-71-32-14-16-34-73(71)78(54-76(75)70-31-13-15-33-72(70)77)86(65-30-18-28-62(50-65)56-43-47-84-48-44-56)67-37-40-74-79(52-67)87-82(60-25-11-4-12-26-60)81(74)59-23-9-3-10-24-59/h1-34,36-37,39-54,63,69H,35,38H2. The van der Waals surface area contributed by atoms with Crippen molar-refractivity contribution in [1.29, 1.82) is 0 Å². The number of nitrogens with zero attached hydrogens (tertiary/aromatic N) is 4. The van der Waals surface area contributed by atoms with Gasteiger partial charge < -0.3 is 9.80 Å². The van der Waals surface area contributed by atoms with Crippen LogP contribution in [0.25, 0.3) is 97.4 Å². The molecular weight excluding hydrogens is 1070 g/mol. The summed E-state index contributed by atoms with van der Waals surface area (Å²) in [4.78, 5) is 15.1. The molecule has 16 rings (SSSR count). The lowest BCUT2D eigenvalue weighted by atomic mass is 9.69. The number of pyridine rings is 2. The number of allylic oxidation sites excluding steroid dienone is 5. The number of rotatable bonds is 12. The summed E-state index contributed by atoms with van der Waals surface area (Å²) in [7, 11) is 0. The fourth-order valence-corrected chi connectivity index (χ4v) is 15.1. The van der Waals surface area contributed by atoms with Crippen molar-refractivity contribution in [3.8, 4) is 43.8 Å². The molecule has 87 heavy (non-hydrogen) atoms. The Morgan fingerprint density at radius 3 is 1.43 bits per heavy atom.